The van der Waals surface area contributed by atoms with Crippen LogP contribution in [0.25, 0.3) is 89.2 Å². The topological polar surface area (TPSA) is 65.6 Å². The van der Waals surface area contributed by atoms with Crippen molar-refractivity contribution in [2.75, 3.05) is 0 Å². The van der Waals surface area contributed by atoms with Gasteiger partial charge >= 0.3 is 0 Å². The summed E-state index contributed by atoms with van der Waals surface area (Å²) in [5, 5.41) is 6.77. The minimum absolute atomic E-state index is 0.499. The third-order valence-corrected chi connectivity index (χ3v) is 15.2. The number of hydrogen-bond donors (Lipinski definition) is 0. The van der Waals surface area contributed by atoms with Crippen LogP contribution in [0.5, 0.6) is 0 Å². The van der Waals surface area contributed by atoms with Crippen molar-refractivity contribution >= 4 is 66.7 Å². The van der Waals surface area contributed by atoms with Crippen molar-refractivity contribution in [3.8, 4) is 45.5 Å². The van der Waals surface area contributed by atoms with Gasteiger partial charge in [0.05, 0.1) is 22.1 Å². The lowest BCUT2D eigenvalue weighted by Gasteiger charge is -2.23. The summed E-state index contributed by atoms with van der Waals surface area (Å²) in [4.78, 5) is 15.1. The van der Waals surface area contributed by atoms with Crippen LogP contribution in [0, 0.1) is 0 Å². The Balaban J connectivity index is 1.09. The molecule has 3 heterocycles. The van der Waals surface area contributed by atoms with E-state index < -0.39 is 7.14 Å². The zero-order valence-electron chi connectivity index (χ0n) is 34.5. The first-order chi connectivity index (χ1) is 31.6. The van der Waals surface area contributed by atoms with Gasteiger partial charge in [0.2, 0.25) is 0 Å². The van der Waals surface area contributed by atoms with Crippen LogP contribution in [0.2, 0.25) is 0 Å². The Morgan fingerprint density at radius 2 is 0.609 bits per heavy atom. The van der Waals surface area contributed by atoms with Crippen LogP contribution in [-0.2, 0) is 4.57 Å². The predicted molar refractivity (Wildman–Crippen MR) is 264 cm³/mol. The van der Waals surface area contributed by atoms with Crippen molar-refractivity contribution in [1.29, 1.82) is 0 Å². The minimum Gasteiger partial charge on any atom is -0.309 e. The van der Waals surface area contributed by atoms with Gasteiger partial charge in [-0.3, -0.25) is 0 Å². The van der Waals surface area contributed by atoms with Gasteiger partial charge in [-0.1, -0.05) is 176 Å². The van der Waals surface area contributed by atoms with Crippen LogP contribution in [0.1, 0.15) is 0 Å². The minimum atomic E-state index is -3.66. The fraction of sp³-hybridized carbons (Fsp3) is 0. The standard InChI is InChI=1S/C57H38N5OP/c63-64(45-26-16-23-42(37-45)61-51-32-11-7-28-47(51)48-29-8-12-33-52(48)61,46-27-17-24-43(38-46)62-53-34-13-9-30-49(53)50-31-10-14-35-54(50)62)44-25-15-22-41(36-44)57-59-55(39-18-3-1-4-19-39)58-56(60-57)40-20-5-2-6-21-40/h1-38H. The fourth-order valence-electron chi connectivity index (χ4n) is 9.28. The van der Waals surface area contributed by atoms with Crippen molar-refractivity contribution in [3.63, 3.8) is 0 Å². The van der Waals surface area contributed by atoms with Gasteiger partial charge in [-0.2, -0.15) is 0 Å². The fourth-order valence-corrected chi connectivity index (χ4v) is 12.0. The van der Waals surface area contributed by atoms with Gasteiger partial charge in [0.25, 0.3) is 0 Å². The average Bonchev–Trinajstić information content (AvgIpc) is 3.90. The largest absolute Gasteiger partial charge is 0.309 e. The second-order valence-electron chi connectivity index (χ2n) is 16.0. The molecule has 64 heavy (non-hydrogen) atoms. The molecule has 3 aromatic heterocycles. The quantitative estimate of drug-likeness (QED) is 0.143. The van der Waals surface area contributed by atoms with E-state index in [0.717, 1.165) is 50.1 Å². The molecule has 0 bridgehead atoms. The average molecular weight is 840 g/mol. The summed E-state index contributed by atoms with van der Waals surface area (Å²) in [6.07, 6.45) is 0. The number of hydrogen-bond acceptors (Lipinski definition) is 4. The summed E-state index contributed by atoms with van der Waals surface area (Å²) >= 11 is 0. The second kappa shape index (κ2) is 15.3. The lowest BCUT2D eigenvalue weighted by Crippen LogP contribution is -2.26. The smallest absolute Gasteiger partial charge is 0.171 e. The van der Waals surface area contributed by atoms with E-state index in [0.29, 0.717) is 33.4 Å². The highest BCUT2D eigenvalue weighted by atomic mass is 31.2. The van der Waals surface area contributed by atoms with Crippen LogP contribution in [0.4, 0.5) is 0 Å². The number of benzene rings is 9. The zero-order chi connectivity index (χ0) is 42.6. The van der Waals surface area contributed by atoms with Crippen LogP contribution < -0.4 is 15.9 Å². The van der Waals surface area contributed by atoms with Crippen LogP contribution in [0.3, 0.4) is 0 Å². The molecule has 0 saturated heterocycles. The highest BCUT2D eigenvalue weighted by Crippen LogP contribution is 2.45. The molecule has 12 rings (SSSR count). The highest BCUT2D eigenvalue weighted by molar-refractivity contribution is 7.85. The van der Waals surface area contributed by atoms with Gasteiger partial charge in [0.15, 0.2) is 24.6 Å². The zero-order valence-corrected chi connectivity index (χ0v) is 35.4. The SMILES string of the molecule is O=P(c1cccc(-c2nc(-c3ccccc3)nc(-c3ccccc3)n2)c1)(c1cccc(-n2c3ccccc3c3ccccc32)c1)c1cccc(-n2c3ccccc3c3ccccc32)c1. The van der Waals surface area contributed by atoms with Gasteiger partial charge in [-0.15, -0.1) is 0 Å². The highest BCUT2D eigenvalue weighted by Gasteiger charge is 2.32. The number of fused-ring (bicyclic) bond motifs is 6. The van der Waals surface area contributed by atoms with Gasteiger partial charge < -0.3 is 13.7 Å². The summed E-state index contributed by atoms with van der Waals surface area (Å²) in [5.74, 6) is 1.63. The molecule has 0 radical (unpaired) electrons. The van der Waals surface area contributed by atoms with Gasteiger partial charge in [-0.05, 0) is 54.6 Å². The van der Waals surface area contributed by atoms with E-state index >= 15 is 4.57 Å². The molecule has 7 heteroatoms. The van der Waals surface area contributed by atoms with E-state index in [9.17, 15) is 0 Å². The molecule has 0 atom stereocenters. The predicted octanol–water partition coefficient (Wildman–Crippen LogP) is 12.7. The summed E-state index contributed by atoms with van der Waals surface area (Å²) < 4.78 is 21.6. The van der Waals surface area contributed by atoms with Gasteiger partial charge in [-0.25, -0.2) is 15.0 Å². The van der Waals surface area contributed by atoms with Crippen molar-refractivity contribution in [1.82, 2.24) is 24.1 Å². The van der Waals surface area contributed by atoms with Crippen molar-refractivity contribution in [3.05, 3.63) is 231 Å². The molecule has 0 N–H and O–H groups in total. The monoisotopic (exact) mass is 839 g/mol. The maximum absolute atomic E-state index is 17.0. The maximum atomic E-state index is 17.0. The van der Waals surface area contributed by atoms with E-state index in [-0.39, 0.29) is 0 Å². The number of nitrogens with zero attached hydrogens (tertiary/aromatic N) is 5. The van der Waals surface area contributed by atoms with Crippen LogP contribution in [-0.4, -0.2) is 24.1 Å². The Hall–Kier alpha value is -8.18. The molecule has 0 amide bonds. The van der Waals surface area contributed by atoms with Crippen molar-refractivity contribution < 1.29 is 4.57 Å². The van der Waals surface area contributed by atoms with E-state index in [4.69, 9.17) is 15.0 Å². The third kappa shape index (κ3) is 6.18. The third-order valence-electron chi connectivity index (χ3n) is 12.2. The molecular formula is C57H38N5OP. The number of rotatable bonds is 8. The lowest BCUT2D eigenvalue weighted by molar-refractivity contribution is 0.592. The maximum Gasteiger partial charge on any atom is 0.171 e. The number of aromatic nitrogens is 5. The van der Waals surface area contributed by atoms with E-state index in [2.05, 4.69) is 130 Å². The molecule has 9 aromatic carbocycles. The summed E-state index contributed by atoms with van der Waals surface area (Å²) in [6, 6.07) is 78.4. The van der Waals surface area contributed by atoms with E-state index in [1.165, 1.54) is 21.5 Å². The molecule has 6 nitrogen and oxygen atoms in total. The Morgan fingerprint density at radius 3 is 1.02 bits per heavy atom. The van der Waals surface area contributed by atoms with Gasteiger partial charge in [0.1, 0.15) is 0 Å². The van der Waals surface area contributed by atoms with Crippen LogP contribution in [0.15, 0.2) is 231 Å². The molecule has 0 aliphatic carbocycles. The summed E-state index contributed by atoms with van der Waals surface area (Å²) in [6.45, 7) is 0. The Kier molecular flexibility index (Phi) is 8.99. The second-order valence-corrected chi connectivity index (χ2v) is 18.7. The van der Waals surface area contributed by atoms with E-state index in [1.807, 2.05) is 109 Å². The molecule has 0 fully saturated rings. The first kappa shape index (κ1) is 37.6. The Bertz CT molecular complexity index is 3460. The first-order valence-corrected chi connectivity index (χ1v) is 23.1. The van der Waals surface area contributed by atoms with Crippen LogP contribution >= 0.6 is 7.14 Å². The molecule has 302 valence electrons. The molecule has 0 aliphatic heterocycles. The van der Waals surface area contributed by atoms with Gasteiger partial charge in [0, 0.05) is 65.5 Å². The molecule has 0 spiro atoms. The molecule has 0 unspecified atom stereocenters. The van der Waals surface area contributed by atoms with Crippen molar-refractivity contribution in [2.45, 2.75) is 0 Å². The Morgan fingerprint density at radius 1 is 0.297 bits per heavy atom. The Labute approximate surface area is 369 Å². The van der Waals surface area contributed by atoms with E-state index in [1.54, 1.807) is 0 Å². The van der Waals surface area contributed by atoms with Crippen molar-refractivity contribution in [2.24, 2.45) is 0 Å². The molecular weight excluding hydrogens is 802 g/mol. The number of para-hydroxylation sites is 4. The normalized spacial score (nSPS) is 11.8. The molecule has 0 aliphatic rings. The molecule has 0 saturated carbocycles. The molecule has 12 aromatic rings. The lowest BCUT2D eigenvalue weighted by atomic mass is 10.1. The first-order valence-electron chi connectivity index (χ1n) is 21.4. The summed E-state index contributed by atoms with van der Waals surface area (Å²) in [7, 11) is -3.66. The summed E-state index contributed by atoms with van der Waals surface area (Å²) in [5.41, 5.74) is 8.72.